The predicted molar refractivity (Wildman–Crippen MR) is 169 cm³/mol. The van der Waals surface area contributed by atoms with Crippen LogP contribution in [-0.4, -0.2) is 22.2 Å². The first-order valence-corrected chi connectivity index (χ1v) is 13.9. The molecule has 0 saturated heterocycles. The number of carbonyl (C=O) groups is 2. The van der Waals surface area contributed by atoms with Crippen molar-refractivity contribution in [1.82, 2.24) is 0 Å². The molecule has 0 atom stereocenters. The van der Waals surface area contributed by atoms with Gasteiger partial charge in [-0.15, -0.1) is 0 Å². The minimum absolute atomic E-state index is 0.122. The topological polar surface area (TPSA) is 74.6 Å². The Hall–Kier alpha value is -5.48. The Kier molecular flexibility index (Phi) is 6.17. The van der Waals surface area contributed by atoms with E-state index in [1.165, 1.54) is 12.1 Å². The fourth-order valence-electron chi connectivity index (χ4n) is 6.45. The number of fused-ring (bicyclic) bond motifs is 4. The summed E-state index contributed by atoms with van der Waals surface area (Å²) in [6.07, 6.45) is 0.561. The van der Waals surface area contributed by atoms with Gasteiger partial charge in [-0.1, -0.05) is 97.1 Å². The van der Waals surface area contributed by atoms with Gasteiger partial charge < -0.3 is 10.2 Å². The standard InChI is InChI=1S/C38H26O4/c39-37(40)31-17-18-32(38(41)42)36(22-34-29-15-7-3-11-25(29)20-26-12-4-8-16-30(26)34)35(31)21-33-27-13-5-1-9-23(27)19-24-10-2-6-14-28(24)33/h1-20H,21-22H2,(H,39,40)(H,41,42). The average Bonchev–Trinajstić information content (AvgIpc) is 3.01. The molecule has 2 N–H and O–H groups in total. The van der Waals surface area contributed by atoms with Gasteiger partial charge in [-0.05, 0) is 102 Å². The summed E-state index contributed by atoms with van der Waals surface area (Å²) in [5, 5.41) is 29.1. The van der Waals surface area contributed by atoms with E-state index >= 15 is 0 Å². The molecule has 0 spiro atoms. The van der Waals surface area contributed by atoms with Crippen molar-refractivity contribution in [2.45, 2.75) is 12.8 Å². The number of carboxylic acid groups (broad SMARTS) is 2. The SMILES string of the molecule is O=C(O)c1ccc(C(=O)O)c(Cc2c3ccccc3cc3ccccc23)c1Cc1c2ccccc2cc2ccccc12. The Morgan fingerprint density at radius 2 is 0.690 bits per heavy atom. The lowest BCUT2D eigenvalue weighted by Crippen LogP contribution is -2.13. The molecule has 0 aromatic heterocycles. The summed E-state index contributed by atoms with van der Waals surface area (Å²) >= 11 is 0. The van der Waals surface area contributed by atoms with Crippen LogP contribution in [0.15, 0.2) is 121 Å². The zero-order valence-electron chi connectivity index (χ0n) is 22.7. The van der Waals surface area contributed by atoms with E-state index in [1.54, 1.807) is 0 Å². The van der Waals surface area contributed by atoms with Crippen molar-refractivity contribution in [3.8, 4) is 0 Å². The second kappa shape index (κ2) is 10.2. The first-order chi connectivity index (χ1) is 20.5. The van der Waals surface area contributed by atoms with Crippen molar-refractivity contribution in [1.29, 1.82) is 0 Å². The first kappa shape index (κ1) is 25.5. The van der Waals surface area contributed by atoms with Gasteiger partial charge in [0.1, 0.15) is 0 Å². The van der Waals surface area contributed by atoms with Crippen LogP contribution in [0, 0.1) is 0 Å². The minimum Gasteiger partial charge on any atom is -0.478 e. The number of aromatic carboxylic acids is 2. The molecule has 0 aliphatic rings. The molecule has 0 fully saturated rings. The maximum Gasteiger partial charge on any atom is 0.335 e. The highest BCUT2D eigenvalue weighted by atomic mass is 16.4. The third-order valence-corrected chi connectivity index (χ3v) is 8.36. The van der Waals surface area contributed by atoms with Crippen LogP contribution >= 0.6 is 0 Å². The summed E-state index contributed by atoms with van der Waals surface area (Å²) < 4.78 is 0. The van der Waals surface area contributed by atoms with E-state index in [0.29, 0.717) is 11.1 Å². The third-order valence-electron chi connectivity index (χ3n) is 8.36. The van der Waals surface area contributed by atoms with Crippen LogP contribution in [0.5, 0.6) is 0 Å². The molecule has 7 aromatic rings. The second-order valence-corrected chi connectivity index (χ2v) is 10.7. The summed E-state index contributed by atoms with van der Waals surface area (Å²) in [4.78, 5) is 25.4. The summed E-state index contributed by atoms with van der Waals surface area (Å²) in [6, 6.07) is 39.5. The summed E-state index contributed by atoms with van der Waals surface area (Å²) in [6.45, 7) is 0. The van der Waals surface area contributed by atoms with Gasteiger partial charge in [0.15, 0.2) is 0 Å². The monoisotopic (exact) mass is 546 g/mol. The second-order valence-electron chi connectivity index (χ2n) is 10.7. The van der Waals surface area contributed by atoms with Crippen LogP contribution < -0.4 is 0 Å². The van der Waals surface area contributed by atoms with Crippen molar-refractivity contribution in [2.24, 2.45) is 0 Å². The third kappa shape index (κ3) is 4.25. The van der Waals surface area contributed by atoms with E-state index < -0.39 is 11.9 Å². The molecule has 4 heteroatoms. The lowest BCUT2D eigenvalue weighted by molar-refractivity contribution is 0.0679. The van der Waals surface area contributed by atoms with E-state index in [2.05, 4.69) is 60.7 Å². The molecule has 0 bridgehead atoms. The van der Waals surface area contributed by atoms with Gasteiger partial charge in [0, 0.05) is 0 Å². The van der Waals surface area contributed by atoms with Crippen molar-refractivity contribution >= 4 is 55.0 Å². The van der Waals surface area contributed by atoms with Crippen LogP contribution in [0.3, 0.4) is 0 Å². The smallest absolute Gasteiger partial charge is 0.335 e. The fourth-order valence-corrected chi connectivity index (χ4v) is 6.45. The maximum atomic E-state index is 12.7. The van der Waals surface area contributed by atoms with E-state index in [4.69, 9.17) is 0 Å². The molecule has 7 rings (SSSR count). The Balaban J connectivity index is 1.54. The van der Waals surface area contributed by atoms with Crippen LogP contribution in [0.1, 0.15) is 43.0 Å². The van der Waals surface area contributed by atoms with Gasteiger partial charge in [0.25, 0.3) is 0 Å². The molecule has 202 valence electrons. The minimum atomic E-state index is -1.07. The number of benzene rings is 7. The van der Waals surface area contributed by atoms with Gasteiger partial charge >= 0.3 is 11.9 Å². The predicted octanol–water partition coefficient (Wildman–Crippen LogP) is 8.88. The molecule has 0 unspecified atom stereocenters. The van der Waals surface area contributed by atoms with Gasteiger partial charge in [-0.25, -0.2) is 9.59 Å². The Morgan fingerprint density at radius 3 is 0.976 bits per heavy atom. The van der Waals surface area contributed by atoms with Crippen LogP contribution in [0.2, 0.25) is 0 Å². The fraction of sp³-hybridized carbons (Fsp3) is 0.0526. The van der Waals surface area contributed by atoms with Crippen molar-refractivity contribution in [3.05, 3.63) is 155 Å². The molecular weight excluding hydrogens is 520 g/mol. The molecular formula is C38H26O4. The van der Waals surface area contributed by atoms with Crippen molar-refractivity contribution in [2.75, 3.05) is 0 Å². The number of carboxylic acids is 2. The Bertz CT molecular complexity index is 1940. The largest absolute Gasteiger partial charge is 0.478 e. The van der Waals surface area contributed by atoms with Crippen LogP contribution in [-0.2, 0) is 12.8 Å². The summed E-state index contributed by atoms with van der Waals surface area (Å²) in [7, 11) is 0. The normalized spacial score (nSPS) is 11.4. The Labute approximate surface area is 242 Å². The van der Waals surface area contributed by atoms with Crippen molar-refractivity contribution in [3.63, 3.8) is 0 Å². The summed E-state index contributed by atoms with van der Waals surface area (Å²) in [5.41, 5.74) is 3.27. The highest BCUT2D eigenvalue weighted by Crippen LogP contribution is 2.36. The van der Waals surface area contributed by atoms with Gasteiger partial charge in [0.05, 0.1) is 11.1 Å². The van der Waals surface area contributed by atoms with Crippen molar-refractivity contribution < 1.29 is 19.8 Å². The van der Waals surface area contributed by atoms with Crippen LogP contribution in [0.4, 0.5) is 0 Å². The molecule has 7 aromatic carbocycles. The molecule has 0 aliphatic heterocycles. The lowest BCUT2D eigenvalue weighted by atomic mass is 9.83. The van der Waals surface area contributed by atoms with Gasteiger partial charge in [-0.2, -0.15) is 0 Å². The zero-order valence-corrected chi connectivity index (χ0v) is 22.7. The Morgan fingerprint density at radius 1 is 0.405 bits per heavy atom. The van der Waals surface area contributed by atoms with E-state index in [-0.39, 0.29) is 24.0 Å². The quantitative estimate of drug-likeness (QED) is 0.204. The molecule has 0 amide bonds. The van der Waals surface area contributed by atoms with E-state index in [9.17, 15) is 19.8 Å². The molecule has 0 radical (unpaired) electrons. The first-order valence-electron chi connectivity index (χ1n) is 13.9. The molecule has 0 aliphatic carbocycles. The summed E-state index contributed by atoms with van der Waals surface area (Å²) in [5.74, 6) is -2.15. The molecule has 42 heavy (non-hydrogen) atoms. The zero-order chi connectivity index (χ0) is 28.8. The van der Waals surface area contributed by atoms with E-state index in [1.807, 2.05) is 48.5 Å². The maximum absolute atomic E-state index is 12.7. The number of rotatable bonds is 6. The highest BCUT2D eigenvalue weighted by molar-refractivity contribution is 6.05. The highest BCUT2D eigenvalue weighted by Gasteiger charge is 2.24. The molecule has 0 heterocycles. The lowest BCUT2D eigenvalue weighted by Gasteiger charge is -2.20. The molecule has 4 nitrogen and oxygen atoms in total. The van der Waals surface area contributed by atoms with Gasteiger partial charge in [-0.3, -0.25) is 0 Å². The molecule has 0 saturated carbocycles. The number of hydrogen-bond acceptors (Lipinski definition) is 2. The average molecular weight is 547 g/mol. The number of hydrogen-bond donors (Lipinski definition) is 2. The van der Waals surface area contributed by atoms with Crippen LogP contribution in [0.25, 0.3) is 43.1 Å². The van der Waals surface area contributed by atoms with E-state index in [0.717, 1.165) is 54.2 Å². The van der Waals surface area contributed by atoms with Gasteiger partial charge in [0.2, 0.25) is 0 Å².